The van der Waals surface area contributed by atoms with Gasteiger partial charge >= 0.3 is 0 Å². The second-order valence-electron chi connectivity index (χ2n) is 4.83. The minimum atomic E-state index is 0.130. The lowest BCUT2D eigenvalue weighted by atomic mass is 10.1. The summed E-state index contributed by atoms with van der Waals surface area (Å²) >= 11 is 0. The zero-order valence-electron chi connectivity index (χ0n) is 13.0. The quantitative estimate of drug-likeness (QED) is 0.888. The van der Waals surface area contributed by atoms with Crippen LogP contribution in [0.25, 0.3) is 0 Å². The molecule has 0 spiro atoms. The molecule has 1 atom stereocenters. The van der Waals surface area contributed by atoms with E-state index in [9.17, 15) is 0 Å². The molecule has 1 aromatic carbocycles. The molecule has 0 bridgehead atoms. The molecule has 1 aromatic heterocycles. The van der Waals surface area contributed by atoms with E-state index in [1.54, 1.807) is 26.5 Å². The number of benzene rings is 1. The largest absolute Gasteiger partial charge is 0.493 e. The van der Waals surface area contributed by atoms with Gasteiger partial charge in [-0.3, -0.25) is 4.98 Å². The second kappa shape index (κ2) is 7.43. The van der Waals surface area contributed by atoms with Gasteiger partial charge in [-0.25, -0.2) is 0 Å². The first kappa shape index (κ1) is 15.8. The van der Waals surface area contributed by atoms with Crippen LogP contribution in [0, 0.1) is 11.3 Å². The molecule has 2 rings (SSSR count). The first-order valence-corrected chi connectivity index (χ1v) is 6.99. The maximum atomic E-state index is 8.83. The standard InChI is InChI=1S/C17H19N3O2/c1-12(14-6-4-13(10-18)5-7-14)20-11-15-17(22-3)16(21-2)8-9-19-15/h4-9,12,20H,11H2,1-3H3/t12-/m1/s1. The first-order chi connectivity index (χ1) is 10.7. The third-order valence-corrected chi connectivity index (χ3v) is 3.48. The summed E-state index contributed by atoms with van der Waals surface area (Å²) in [7, 11) is 3.21. The lowest BCUT2D eigenvalue weighted by molar-refractivity contribution is 0.347. The predicted octanol–water partition coefficient (Wildman–Crippen LogP) is 2.82. The third kappa shape index (κ3) is 3.54. The van der Waals surface area contributed by atoms with Gasteiger partial charge in [0.25, 0.3) is 0 Å². The van der Waals surface area contributed by atoms with Crippen LogP contribution in [0.5, 0.6) is 11.5 Å². The molecule has 0 saturated heterocycles. The van der Waals surface area contributed by atoms with Gasteiger partial charge in [0.05, 0.1) is 31.5 Å². The minimum absolute atomic E-state index is 0.130. The Labute approximate surface area is 130 Å². The molecule has 0 fully saturated rings. The molecule has 0 aliphatic rings. The molecular weight excluding hydrogens is 278 g/mol. The molecule has 0 aliphatic carbocycles. The van der Waals surface area contributed by atoms with E-state index in [-0.39, 0.29) is 6.04 Å². The average molecular weight is 297 g/mol. The van der Waals surface area contributed by atoms with Crippen LogP contribution >= 0.6 is 0 Å². The Morgan fingerprint density at radius 3 is 2.50 bits per heavy atom. The number of aromatic nitrogens is 1. The Hall–Kier alpha value is -2.58. The number of hydrogen-bond acceptors (Lipinski definition) is 5. The van der Waals surface area contributed by atoms with Gasteiger partial charge in [0, 0.05) is 24.8 Å². The van der Waals surface area contributed by atoms with Crippen molar-refractivity contribution in [1.82, 2.24) is 10.3 Å². The third-order valence-electron chi connectivity index (χ3n) is 3.48. The van der Waals surface area contributed by atoms with E-state index in [1.165, 1.54) is 0 Å². The Kier molecular flexibility index (Phi) is 5.34. The summed E-state index contributed by atoms with van der Waals surface area (Å²) in [4.78, 5) is 4.34. The summed E-state index contributed by atoms with van der Waals surface area (Å²) in [5.41, 5.74) is 2.57. The SMILES string of the molecule is COc1ccnc(CN[C@H](C)c2ccc(C#N)cc2)c1OC. The van der Waals surface area contributed by atoms with Crippen molar-refractivity contribution >= 4 is 0 Å². The fraction of sp³-hybridized carbons (Fsp3) is 0.294. The maximum Gasteiger partial charge on any atom is 0.183 e. The van der Waals surface area contributed by atoms with Crippen molar-refractivity contribution in [3.8, 4) is 17.6 Å². The van der Waals surface area contributed by atoms with Crippen LogP contribution in [0.1, 0.15) is 29.8 Å². The molecule has 114 valence electrons. The second-order valence-corrected chi connectivity index (χ2v) is 4.83. The zero-order valence-corrected chi connectivity index (χ0v) is 13.0. The molecule has 5 nitrogen and oxygen atoms in total. The van der Waals surface area contributed by atoms with Crippen LogP contribution in [-0.2, 0) is 6.54 Å². The van der Waals surface area contributed by atoms with Gasteiger partial charge in [0.2, 0.25) is 0 Å². The highest BCUT2D eigenvalue weighted by Crippen LogP contribution is 2.29. The van der Waals surface area contributed by atoms with Crippen molar-refractivity contribution in [1.29, 1.82) is 5.26 Å². The topological polar surface area (TPSA) is 67.2 Å². The van der Waals surface area contributed by atoms with Crippen LogP contribution < -0.4 is 14.8 Å². The van der Waals surface area contributed by atoms with Gasteiger partial charge in [-0.05, 0) is 24.6 Å². The van der Waals surface area contributed by atoms with Gasteiger partial charge in [0.1, 0.15) is 0 Å². The van der Waals surface area contributed by atoms with E-state index < -0.39 is 0 Å². The van der Waals surface area contributed by atoms with Crippen molar-refractivity contribution < 1.29 is 9.47 Å². The normalized spacial score (nSPS) is 11.5. The monoisotopic (exact) mass is 297 g/mol. The summed E-state index contributed by atoms with van der Waals surface area (Å²) in [6.45, 7) is 2.62. The van der Waals surface area contributed by atoms with E-state index in [4.69, 9.17) is 14.7 Å². The predicted molar refractivity (Wildman–Crippen MR) is 83.8 cm³/mol. The van der Waals surface area contributed by atoms with Crippen LogP contribution in [0.4, 0.5) is 0 Å². The van der Waals surface area contributed by atoms with E-state index in [1.807, 2.05) is 24.3 Å². The van der Waals surface area contributed by atoms with Crippen LogP contribution in [0.2, 0.25) is 0 Å². The molecule has 2 aromatic rings. The molecule has 0 radical (unpaired) electrons. The van der Waals surface area contributed by atoms with Crippen molar-refractivity contribution in [2.75, 3.05) is 14.2 Å². The highest BCUT2D eigenvalue weighted by molar-refractivity contribution is 5.42. The molecule has 0 unspecified atom stereocenters. The summed E-state index contributed by atoms with van der Waals surface area (Å²) in [5.74, 6) is 1.31. The zero-order chi connectivity index (χ0) is 15.9. The lowest BCUT2D eigenvalue weighted by Crippen LogP contribution is -2.19. The highest BCUT2D eigenvalue weighted by atomic mass is 16.5. The van der Waals surface area contributed by atoms with E-state index in [0.717, 1.165) is 11.3 Å². The minimum Gasteiger partial charge on any atom is -0.493 e. The Morgan fingerprint density at radius 2 is 1.91 bits per heavy atom. The summed E-state index contributed by atoms with van der Waals surface area (Å²) < 4.78 is 10.6. The van der Waals surface area contributed by atoms with E-state index in [0.29, 0.717) is 23.6 Å². The highest BCUT2D eigenvalue weighted by Gasteiger charge is 2.12. The number of hydrogen-bond donors (Lipinski definition) is 1. The van der Waals surface area contributed by atoms with E-state index >= 15 is 0 Å². The van der Waals surface area contributed by atoms with Gasteiger partial charge in [-0.1, -0.05) is 12.1 Å². The number of ether oxygens (including phenoxy) is 2. The van der Waals surface area contributed by atoms with Crippen molar-refractivity contribution in [3.63, 3.8) is 0 Å². The van der Waals surface area contributed by atoms with Crippen LogP contribution in [0.15, 0.2) is 36.5 Å². The number of nitrogens with one attached hydrogen (secondary N) is 1. The number of rotatable bonds is 6. The molecule has 5 heteroatoms. The summed E-state index contributed by atoms with van der Waals surface area (Å²) in [6.07, 6.45) is 1.70. The van der Waals surface area contributed by atoms with Crippen LogP contribution in [0.3, 0.4) is 0 Å². The lowest BCUT2D eigenvalue weighted by Gasteiger charge is -2.16. The van der Waals surface area contributed by atoms with Gasteiger partial charge in [-0.2, -0.15) is 5.26 Å². The molecule has 22 heavy (non-hydrogen) atoms. The Balaban J connectivity index is 2.07. The van der Waals surface area contributed by atoms with Crippen molar-refractivity contribution in [3.05, 3.63) is 53.3 Å². The van der Waals surface area contributed by atoms with Gasteiger partial charge in [-0.15, -0.1) is 0 Å². The van der Waals surface area contributed by atoms with Crippen LogP contribution in [-0.4, -0.2) is 19.2 Å². The maximum absolute atomic E-state index is 8.83. The molecule has 0 saturated carbocycles. The number of pyridine rings is 1. The summed E-state index contributed by atoms with van der Waals surface area (Å²) in [5, 5.41) is 12.2. The fourth-order valence-electron chi connectivity index (χ4n) is 2.19. The number of nitriles is 1. The molecule has 1 N–H and O–H groups in total. The Morgan fingerprint density at radius 1 is 1.18 bits per heavy atom. The number of methoxy groups -OCH3 is 2. The molecule has 0 amide bonds. The average Bonchev–Trinajstić information content (AvgIpc) is 2.59. The first-order valence-electron chi connectivity index (χ1n) is 6.99. The smallest absolute Gasteiger partial charge is 0.183 e. The molecule has 1 heterocycles. The molecular formula is C17H19N3O2. The molecule has 0 aliphatic heterocycles. The fourth-order valence-corrected chi connectivity index (χ4v) is 2.19. The number of nitrogens with zero attached hydrogens (tertiary/aromatic N) is 2. The van der Waals surface area contributed by atoms with E-state index in [2.05, 4.69) is 23.3 Å². The van der Waals surface area contributed by atoms with Gasteiger partial charge in [0.15, 0.2) is 11.5 Å². The Bertz CT molecular complexity index is 663. The van der Waals surface area contributed by atoms with Gasteiger partial charge < -0.3 is 14.8 Å². The van der Waals surface area contributed by atoms with Crippen molar-refractivity contribution in [2.45, 2.75) is 19.5 Å². The summed E-state index contributed by atoms with van der Waals surface area (Å²) in [6, 6.07) is 11.6. The van der Waals surface area contributed by atoms with Crippen molar-refractivity contribution in [2.24, 2.45) is 0 Å².